The van der Waals surface area contributed by atoms with Crippen molar-refractivity contribution in [2.75, 3.05) is 33.3 Å². The van der Waals surface area contributed by atoms with Gasteiger partial charge in [0.25, 0.3) is 5.91 Å². The summed E-state index contributed by atoms with van der Waals surface area (Å²) in [6, 6.07) is 4.40. The van der Waals surface area contributed by atoms with Crippen LogP contribution in [0.2, 0.25) is 0 Å². The molecule has 0 bridgehead atoms. The number of carbonyl (C=O) groups is 1. The van der Waals surface area contributed by atoms with Gasteiger partial charge in [0.1, 0.15) is 0 Å². The van der Waals surface area contributed by atoms with E-state index in [9.17, 15) is 9.18 Å². The molecule has 2 fully saturated rings. The Labute approximate surface area is 130 Å². The quantitative estimate of drug-likeness (QED) is 0.909. The average molecular weight is 315 g/mol. The molecule has 1 aromatic rings. The SMILES string of the molecule is COc1ccc(C(=O)N2CCC3(CCNC3)C2)cc1F.Cl. The molecule has 1 spiro atoms. The average Bonchev–Trinajstić information content (AvgIpc) is 3.09. The number of halogens is 2. The second kappa shape index (κ2) is 6.20. The first-order valence-corrected chi connectivity index (χ1v) is 6.97. The van der Waals surface area contributed by atoms with Gasteiger partial charge in [0.05, 0.1) is 7.11 Å². The third-order valence-corrected chi connectivity index (χ3v) is 4.46. The molecule has 3 rings (SSSR count). The van der Waals surface area contributed by atoms with Crippen LogP contribution in [0.5, 0.6) is 5.75 Å². The summed E-state index contributed by atoms with van der Waals surface area (Å²) in [5.41, 5.74) is 0.632. The Morgan fingerprint density at radius 2 is 2.24 bits per heavy atom. The first kappa shape index (κ1) is 16.0. The van der Waals surface area contributed by atoms with Crippen LogP contribution >= 0.6 is 12.4 Å². The normalized spacial score (nSPS) is 24.2. The van der Waals surface area contributed by atoms with Crippen molar-refractivity contribution in [3.63, 3.8) is 0 Å². The van der Waals surface area contributed by atoms with Gasteiger partial charge in [-0.2, -0.15) is 0 Å². The number of benzene rings is 1. The molecular formula is C15H20ClFN2O2. The number of likely N-dealkylation sites (tertiary alicyclic amines) is 1. The molecule has 1 aromatic carbocycles. The van der Waals surface area contributed by atoms with Crippen LogP contribution in [-0.4, -0.2) is 44.1 Å². The number of ether oxygens (including phenoxy) is 1. The Kier molecular flexibility index (Phi) is 4.74. The van der Waals surface area contributed by atoms with E-state index in [-0.39, 0.29) is 29.5 Å². The lowest BCUT2D eigenvalue weighted by atomic mass is 9.86. The van der Waals surface area contributed by atoms with Crippen molar-refractivity contribution < 1.29 is 13.9 Å². The van der Waals surface area contributed by atoms with Crippen LogP contribution in [-0.2, 0) is 0 Å². The van der Waals surface area contributed by atoms with E-state index >= 15 is 0 Å². The summed E-state index contributed by atoms with van der Waals surface area (Å²) in [4.78, 5) is 14.3. The smallest absolute Gasteiger partial charge is 0.253 e. The molecule has 116 valence electrons. The maximum absolute atomic E-state index is 13.7. The maximum Gasteiger partial charge on any atom is 0.253 e. The van der Waals surface area contributed by atoms with E-state index in [4.69, 9.17) is 4.74 Å². The van der Waals surface area contributed by atoms with Crippen molar-refractivity contribution in [3.05, 3.63) is 29.6 Å². The van der Waals surface area contributed by atoms with Crippen LogP contribution in [0.4, 0.5) is 4.39 Å². The van der Waals surface area contributed by atoms with Crippen LogP contribution < -0.4 is 10.1 Å². The largest absolute Gasteiger partial charge is 0.494 e. The fraction of sp³-hybridized carbons (Fsp3) is 0.533. The molecule has 0 saturated carbocycles. The number of nitrogens with zero attached hydrogens (tertiary/aromatic N) is 1. The summed E-state index contributed by atoms with van der Waals surface area (Å²) in [6.07, 6.45) is 2.15. The van der Waals surface area contributed by atoms with Crippen LogP contribution in [0.3, 0.4) is 0 Å². The van der Waals surface area contributed by atoms with Gasteiger partial charge in [-0.05, 0) is 37.6 Å². The van der Waals surface area contributed by atoms with Crippen molar-refractivity contribution in [1.29, 1.82) is 0 Å². The van der Waals surface area contributed by atoms with Crippen LogP contribution in [0.1, 0.15) is 23.2 Å². The number of hydrogen-bond acceptors (Lipinski definition) is 3. The van der Waals surface area contributed by atoms with E-state index in [1.165, 1.54) is 19.2 Å². The van der Waals surface area contributed by atoms with Crippen molar-refractivity contribution in [1.82, 2.24) is 10.2 Å². The maximum atomic E-state index is 13.7. The fourth-order valence-corrected chi connectivity index (χ4v) is 3.23. The zero-order valence-electron chi connectivity index (χ0n) is 12.0. The molecule has 2 aliphatic rings. The van der Waals surface area contributed by atoms with Gasteiger partial charge in [-0.15, -0.1) is 12.4 Å². The summed E-state index contributed by atoms with van der Waals surface area (Å²) in [5.74, 6) is -0.412. The third kappa shape index (κ3) is 2.99. The molecule has 1 unspecified atom stereocenters. The van der Waals surface area contributed by atoms with Crippen LogP contribution in [0.25, 0.3) is 0 Å². The van der Waals surface area contributed by atoms with E-state index in [1.807, 2.05) is 4.90 Å². The highest BCUT2D eigenvalue weighted by molar-refractivity contribution is 5.94. The number of carbonyl (C=O) groups excluding carboxylic acids is 1. The van der Waals surface area contributed by atoms with E-state index in [2.05, 4.69) is 5.32 Å². The Balaban J connectivity index is 0.00000161. The number of rotatable bonds is 2. The third-order valence-electron chi connectivity index (χ3n) is 4.46. The molecule has 1 N–H and O–H groups in total. The van der Waals surface area contributed by atoms with Gasteiger partial charge < -0.3 is 15.0 Å². The molecule has 21 heavy (non-hydrogen) atoms. The van der Waals surface area contributed by atoms with Crippen molar-refractivity contribution in [2.45, 2.75) is 12.8 Å². The van der Waals surface area contributed by atoms with Gasteiger partial charge >= 0.3 is 0 Å². The van der Waals surface area contributed by atoms with E-state index in [0.29, 0.717) is 5.56 Å². The minimum atomic E-state index is -0.491. The highest BCUT2D eigenvalue weighted by Crippen LogP contribution is 2.36. The first-order valence-electron chi connectivity index (χ1n) is 6.97. The van der Waals surface area contributed by atoms with Crippen molar-refractivity contribution in [3.8, 4) is 5.75 Å². The Morgan fingerprint density at radius 3 is 2.86 bits per heavy atom. The molecule has 0 aromatic heterocycles. The highest BCUT2D eigenvalue weighted by Gasteiger charge is 2.41. The summed E-state index contributed by atoms with van der Waals surface area (Å²) >= 11 is 0. The number of hydrogen-bond donors (Lipinski definition) is 1. The topological polar surface area (TPSA) is 41.6 Å². The van der Waals surface area contributed by atoms with E-state index in [1.54, 1.807) is 6.07 Å². The lowest BCUT2D eigenvalue weighted by Crippen LogP contribution is -2.33. The summed E-state index contributed by atoms with van der Waals surface area (Å²) in [7, 11) is 1.41. The standard InChI is InChI=1S/C15H19FN2O2.ClH/c1-20-13-3-2-11(8-12(13)16)14(19)18-7-5-15(10-18)4-6-17-9-15;/h2-3,8,17H,4-7,9-10H2,1H3;1H. The lowest BCUT2D eigenvalue weighted by molar-refractivity contribution is 0.0775. The summed E-state index contributed by atoms with van der Waals surface area (Å²) in [5, 5.41) is 3.36. The Morgan fingerprint density at radius 1 is 1.43 bits per heavy atom. The number of amides is 1. The fourth-order valence-electron chi connectivity index (χ4n) is 3.23. The molecule has 1 amide bonds. The summed E-state index contributed by atoms with van der Waals surface area (Å²) < 4.78 is 18.6. The number of nitrogens with one attached hydrogen (secondary N) is 1. The lowest BCUT2D eigenvalue weighted by Gasteiger charge is -2.22. The predicted molar refractivity (Wildman–Crippen MR) is 80.6 cm³/mol. The van der Waals surface area contributed by atoms with Gasteiger partial charge in [0, 0.05) is 30.6 Å². The highest BCUT2D eigenvalue weighted by atomic mass is 35.5. The molecule has 2 heterocycles. The molecule has 2 saturated heterocycles. The van der Waals surface area contributed by atoms with Crippen molar-refractivity contribution in [2.24, 2.45) is 5.41 Å². The molecule has 4 nitrogen and oxygen atoms in total. The van der Waals surface area contributed by atoms with Gasteiger partial charge in [-0.3, -0.25) is 4.79 Å². The predicted octanol–water partition coefficient (Wildman–Crippen LogP) is 2.08. The zero-order valence-corrected chi connectivity index (χ0v) is 12.8. The number of methoxy groups -OCH3 is 1. The molecule has 2 aliphatic heterocycles. The molecule has 1 atom stereocenters. The monoisotopic (exact) mass is 314 g/mol. The van der Waals surface area contributed by atoms with Gasteiger partial charge in [-0.1, -0.05) is 0 Å². The Hall–Kier alpha value is -1.33. The molecule has 0 aliphatic carbocycles. The summed E-state index contributed by atoms with van der Waals surface area (Å²) in [6.45, 7) is 3.54. The van der Waals surface area contributed by atoms with Gasteiger partial charge in [0.2, 0.25) is 0 Å². The Bertz CT molecular complexity index is 532. The second-order valence-corrected chi connectivity index (χ2v) is 5.75. The van der Waals surface area contributed by atoms with Gasteiger partial charge in [-0.25, -0.2) is 4.39 Å². The molecular weight excluding hydrogens is 295 g/mol. The minimum Gasteiger partial charge on any atom is -0.494 e. The second-order valence-electron chi connectivity index (χ2n) is 5.75. The van der Waals surface area contributed by atoms with Crippen LogP contribution in [0, 0.1) is 11.2 Å². The van der Waals surface area contributed by atoms with E-state index in [0.717, 1.165) is 39.0 Å². The zero-order chi connectivity index (χ0) is 14.2. The van der Waals surface area contributed by atoms with E-state index < -0.39 is 5.82 Å². The first-order chi connectivity index (χ1) is 9.63. The van der Waals surface area contributed by atoms with Crippen molar-refractivity contribution >= 4 is 18.3 Å². The van der Waals surface area contributed by atoms with Gasteiger partial charge in [0.15, 0.2) is 11.6 Å². The molecule has 6 heteroatoms. The molecule has 0 radical (unpaired) electrons. The minimum absolute atomic E-state index is 0. The van der Waals surface area contributed by atoms with Crippen LogP contribution in [0.15, 0.2) is 18.2 Å².